The van der Waals surface area contributed by atoms with E-state index in [1.807, 2.05) is 12.1 Å². The maximum atomic E-state index is 14.2. The first-order chi connectivity index (χ1) is 6.68. The summed E-state index contributed by atoms with van der Waals surface area (Å²) in [6.07, 6.45) is 0.792. The molecule has 2 nitrogen and oxygen atoms in total. The molecule has 0 fully saturated rings. The van der Waals surface area contributed by atoms with Gasteiger partial charge in [0.1, 0.15) is 0 Å². The van der Waals surface area contributed by atoms with Gasteiger partial charge in [-0.2, -0.15) is 0 Å². The van der Waals surface area contributed by atoms with E-state index < -0.39 is 11.6 Å². The Hall–Kier alpha value is -1.38. The Bertz CT molecular complexity index is 375. The second-order valence-electron chi connectivity index (χ2n) is 3.45. The highest BCUT2D eigenvalue weighted by atomic mass is 19.1. The summed E-state index contributed by atoms with van der Waals surface area (Å²) >= 11 is 0. The van der Waals surface area contributed by atoms with Crippen molar-refractivity contribution in [1.29, 1.82) is 0 Å². The molecular weight excluding hydrogens is 183 g/mol. The van der Waals surface area contributed by atoms with Crippen molar-refractivity contribution in [2.75, 3.05) is 7.11 Å². The van der Waals surface area contributed by atoms with E-state index in [0.717, 1.165) is 5.56 Å². The number of ether oxygens (including phenoxy) is 1. The molecule has 14 heavy (non-hydrogen) atoms. The number of aryl methyl sites for hydroxylation is 1. The van der Waals surface area contributed by atoms with Gasteiger partial charge < -0.3 is 4.74 Å². The third kappa shape index (κ3) is 1.12. The summed E-state index contributed by atoms with van der Waals surface area (Å²) in [6, 6.07) is 7.09. The largest absolute Gasteiger partial charge is 0.466 e. The van der Waals surface area contributed by atoms with Crippen LogP contribution in [0.3, 0.4) is 0 Å². The summed E-state index contributed by atoms with van der Waals surface area (Å²) in [4.78, 5) is 11.3. The first-order valence-corrected chi connectivity index (χ1v) is 4.54. The standard InChI is InChI=1S/C11H11FO2/c1-14-10(13)11(12)7-6-8-4-2-3-5-9(8)11/h2-5H,6-7H2,1H3. The van der Waals surface area contributed by atoms with Crippen LogP contribution in [0, 0.1) is 0 Å². The van der Waals surface area contributed by atoms with Crippen LogP contribution in [0.5, 0.6) is 0 Å². The predicted octanol–water partition coefficient (Wildman–Crippen LogP) is 1.97. The highest BCUT2D eigenvalue weighted by Gasteiger charge is 2.46. The van der Waals surface area contributed by atoms with Gasteiger partial charge in [-0.1, -0.05) is 24.3 Å². The fraction of sp³-hybridized carbons (Fsp3) is 0.364. The molecule has 0 heterocycles. The van der Waals surface area contributed by atoms with Gasteiger partial charge in [-0.05, 0) is 12.0 Å². The molecule has 1 aromatic rings. The fourth-order valence-electron chi connectivity index (χ4n) is 1.94. The summed E-state index contributed by atoms with van der Waals surface area (Å²) in [7, 11) is 1.21. The van der Waals surface area contributed by atoms with E-state index in [9.17, 15) is 9.18 Å². The maximum absolute atomic E-state index is 14.2. The molecule has 1 unspecified atom stereocenters. The van der Waals surface area contributed by atoms with E-state index >= 15 is 0 Å². The van der Waals surface area contributed by atoms with Gasteiger partial charge in [-0.3, -0.25) is 0 Å². The number of esters is 1. The lowest BCUT2D eigenvalue weighted by Crippen LogP contribution is -2.29. The van der Waals surface area contributed by atoms with Crippen LogP contribution in [0.15, 0.2) is 24.3 Å². The molecule has 0 aromatic heterocycles. The normalized spacial score (nSPS) is 24.4. The van der Waals surface area contributed by atoms with Crippen LogP contribution in [0.1, 0.15) is 17.5 Å². The first kappa shape index (κ1) is 9.19. The first-order valence-electron chi connectivity index (χ1n) is 4.54. The van der Waals surface area contributed by atoms with Gasteiger partial charge in [-0.25, -0.2) is 9.18 Å². The molecule has 0 saturated carbocycles. The lowest BCUT2D eigenvalue weighted by molar-refractivity contribution is -0.155. The Balaban J connectivity index is 2.47. The minimum absolute atomic E-state index is 0.193. The molecule has 0 spiro atoms. The zero-order valence-electron chi connectivity index (χ0n) is 7.92. The molecule has 1 atom stereocenters. The Kier molecular flexibility index (Phi) is 2.02. The van der Waals surface area contributed by atoms with Gasteiger partial charge in [0.25, 0.3) is 0 Å². The van der Waals surface area contributed by atoms with E-state index in [0.29, 0.717) is 12.0 Å². The third-order valence-corrected chi connectivity index (χ3v) is 2.69. The van der Waals surface area contributed by atoms with Gasteiger partial charge in [0.2, 0.25) is 5.67 Å². The Labute approximate surface area is 81.7 Å². The number of benzene rings is 1. The fourth-order valence-corrected chi connectivity index (χ4v) is 1.94. The Morgan fingerprint density at radius 3 is 2.93 bits per heavy atom. The number of carbonyl (C=O) groups is 1. The molecule has 0 amide bonds. The number of halogens is 1. The smallest absolute Gasteiger partial charge is 0.348 e. The molecule has 0 saturated heterocycles. The van der Waals surface area contributed by atoms with Crippen LogP contribution in [-0.2, 0) is 21.6 Å². The molecule has 0 N–H and O–H groups in total. The van der Waals surface area contributed by atoms with Crippen molar-refractivity contribution < 1.29 is 13.9 Å². The molecule has 1 aromatic carbocycles. The molecule has 2 rings (SSSR count). The zero-order valence-corrected chi connectivity index (χ0v) is 7.92. The number of rotatable bonds is 1. The monoisotopic (exact) mass is 194 g/mol. The van der Waals surface area contributed by atoms with Crippen molar-refractivity contribution in [2.45, 2.75) is 18.5 Å². The molecule has 74 valence electrons. The average molecular weight is 194 g/mol. The topological polar surface area (TPSA) is 26.3 Å². The summed E-state index contributed by atoms with van der Waals surface area (Å²) in [5.74, 6) is -0.789. The lowest BCUT2D eigenvalue weighted by atomic mass is 9.98. The second kappa shape index (κ2) is 3.08. The number of carbonyl (C=O) groups excluding carboxylic acids is 1. The van der Waals surface area contributed by atoms with Crippen molar-refractivity contribution in [1.82, 2.24) is 0 Å². The molecule has 0 aliphatic heterocycles. The van der Waals surface area contributed by atoms with Crippen molar-refractivity contribution in [3.63, 3.8) is 0 Å². The SMILES string of the molecule is COC(=O)C1(F)CCc2ccccc21. The van der Waals surface area contributed by atoms with Crippen LogP contribution in [0.2, 0.25) is 0 Å². The Morgan fingerprint density at radius 2 is 2.21 bits per heavy atom. The summed E-state index contributed by atoms with van der Waals surface area (Å²) in [6.45, 7) is 0. The minimum atomic E-state index is -1.93. The van der Waals surface area contributed by atoms with Gasteiger partial charge >= 0.3 is 5.97 Å². The van der Waals surface area contributed by atoms with Gasteiger partial charge in [0.05, 0.1) is 7.11 Å². The van der Waals surface area contributed by atoms with Crippen molar-refractivity contribution in [2.24, 2.45) is 0 Å². The van der Waals surface area contributed by atoms with Crippen LogP contribution in [-0.4, -0.2) is 13.1 Å². The van der Waals surface area contributed by atoms with Crippen LogP contribution in [0.25, 0.3) is 0 Å². The predicted molar refractivity (Wildman–Crippen MR) is 49.6 cm³/mol. The van der Waals surface area contributed by atoms with Gasteiger partial charge in [-0.15, -0.1) is 0 Å². The molecule has 3 heteroatoms. The van der Waals surface area contributed by atoms with Crippen molar-refractivity contribution >= 4 is 5.97 Å². The molecular formula is C11H11FO2. The summed E-state index contributed by atoms with van der Waals surface area (Å²) < 4.78 is 18.7. The number of hydrogen-bond donors (Lipinski definition) is 0. The number of alkyl halides is 1. The van der Waals surface area contributed by atoms with Crippen LogP contribution >= 0.6 is 0 Å². The Morgan fingerprint density at radius 1 is 1.50 bits per heavy atom. The van der Waals surface area contributed by atoms with E-state index in [1.54, 1.807) is 12.1 Å². The number of methoxy groups -OCH3 is 1. The minimum Gasteiger partial charge on any atom is -0.466 e. The molecule has 0 bridgehead atoms. The average Bonchev–Trinajstić information content (AvgIpc) is 2.58. The quantitative estimate of drug-likeness (QED) is 0.639. The van der Waals surface area contributed by atoms with Gasteiger partial charge in [0.15, 0.2) is 0 Å². The number of hydrogen-bond acceptors (Lipinski definition) is 2. The number of fused-ring (bicyclic) bond motifs is 1. The van der Waals surface area contributed by atoms with E-state index in [4.69, 9.17) is 0 Å². The summed E-state index contributed by atoms with van der Waals surface area (Å²) in [5, 5.41) is 0. The van der Waals surface area contributed by atoms with E-state index in [-0.39, 0.29) is 6.42 Å². The highest BCUT2D eigenvalue weighted by molar-refractivity contribution is 5.82. The van der Waals surface area contributed by atoms with Crippen molar-refractivity contribution in [3.8, 4) is 0 Å². The maximum Gasteiger partial charge on any atom is 0.348 e. The van der Waals surface area contributed by atoms with Crippen LogP contribution in [0.4, 0.5) is 4.39 Å². The van der Waals surface area contributed by atoms with Crippen molar-refractivity contribution in [3.05, 3.63) is 35.4 Å². The highest BCUT2D eigenvalue weighted by Crippen LogP contribution is 2.40. The zero-order chi connectivity index (χ0) is 10.2. The van der Waals surface area contributed by atoms with E-state index in [2.05, 4.69) is 4.74 Å². The third-order valence-electron chi connectivity index (χ3n) is 2.69. The van der Waals surface area contributed by atoms with Crippen LogP contribution < -0.4 is 0 Å². The molecule has 0 radical (unpaired) electrons. The second-order valence-corrected chi connectivity index (χ2v) is 3.45. The summed E-state index contributed by atoms with van der Waals surface area (Å²) in [5.41, 5.74) is -0.557. The molecule has 1 aliphatic carbocycles. The van der Waals surface area contributed by atoms with Gasteiger partial charge in [0, 0.05) is 12.0 Å². The molecule has 1 aliphatic rings. The lowest BCUT2D eigenvalue weighted by Gasteiger charge is -2.17. The van der Waals surface area contributed by atoms with E-state index in [1.165, 1.54) is 7.11 Å².